The smallest absolute Gasteiger partial charge is 0.315 e. The Labute approximate surface area is 247 Å². The fraction of sp³-hybridized carbons (Fsp3) is 0.483. The Morgan fingerprint density at radius 3 is 3.00 bits per heavy atom. The highest BCUT2D eigenvalue weighted by atomic mass is 32.2. The number of fused-ring (bicyclic) bond motifs is 5. The van der Waals surface area contributed by atoms with Gasteiger partial charge in [0.25, 0.3) is 0 Å². The SMILES string of the molecule is O=C1NC2CSC(CCCCC(=O)O[C@@H]3C[C@@H]4C(=O)Nc5c(NCCc6c[nH]c7ccccc67)ncnc5N4C3)C2N1. The maximum absolute atomic E-state index is 13.1. The van der Waals surface area contributed by atoms with E-state index in [0.29, 0.717) is 48.5 Å². The molecule has 0 aliphatic carbocycles. The summed E-state index contributed by atoms with van der Waals surface area (Å²) in [5.41, 5.74) is 2.87. The van der Waals surface area contributed by atoms with Gasteiger partial charge in [0, 0.05) is 47.5 Å². The molecule has 3 unspecified atom stereocenters. The van der Waals surface area contributed by atoms with Crippen LogP contribution < -0.4 is 26.2 Å². The lowest BCUT2D eigenvalue weighted by atomic mass is 10.0. The number of rotatable bonds is 10. The zero-order valence-electron chi connectivity index (χ0n) is 23.1. The van der Waals surface area contributed by atoms with Crippen molar-refractivity contribution in [2.24, 2.45) is 0 Å². The molecule has 220 valence electrons. The van der Waals surface area contributed by atoms with Gasteiger partial charge in [0.05, 0.1) is 18.6 Å². The summed E-state index contributed by atoms with van der Waals surface area (Å²) in [4.78, 5) is 51.4. The first-order valence-corrected chi connectivity index (χ1v) is 15.7. The third kappa shape index (κ3) is 5.21. The van der Waals surface area contributed by atoms with E-state index in [1.165, 1.54) is 17.3 Å². The molecule has 3 amide bonds. The Morgan fingerprint density at radius 2 is 2.07 bits per heavy atom. The number of thioether (sulfide) groups is 1. The van der Waals surface area contributed by atoms with E-state index in [-0.39, 0.29) is 36.1 Å². The van der Waals surface area contributed by atoms with Crippen molar-refractivity contribution in [3.05, 3.63) is 42.4 Å². The summed E-state index contributed by atoms with van der Waals surface area (Å²) in [6.07, 6.45) is 7.29. The maximum Gasteiger partial charge on any atom is 0.315 e. The molecule has 12 nitrogen and oxygen atoms in total. The van der Waals surface area contributed by atoms with Gasteiger partial charge in [0.2, 0.25) is 5.91 Å². The molecular weight excluding hydrogens is 556 g/mol. The Bertz CT molecular complexity index is 1510. The molecular formula is C29H34N8O4S. The van der Waals surface area contributed by atoms with E-state index in [1.54, 1.807) is 0 Å². The highest BCUT2D eigenvalue weighted by molar-refractivity contribution is 8.00. The summed E-state index contributed by atoms with van der Waals surface area (Å²) in [6, 6.07) is 8.07. The Kier molecular flexibility index (Phi) is 7.26. The number of carbonyl (C=O) groups is 3. The fourth-order valence-corrected chi connectivity index (χ4v) is 8.12. The summed E-state index contributed by atoms with van der Waals surface area (Å²) in [5, 5.41) is 13.9. The average molecular weight is 591 g/mol. The monoisotopic (exact) mass is 590 g/mol. The zero-order chi connectivity index (χ0) is 28.6. The molecule has 3 saturated heterocycles. The summed E-state index contributed by atoms with van der Waals surface area (Å²) in [5.74, 6) is 1.77. The lowest BCUT2D eigenvalue weighted by molar-refractivity contribution is -0.148. The predicted molar refractivity (Wildman–Crippen MR) is 161 cm³/mol. The minimum Gasteiger partial charge on any atom is -0.460 e. The Balaban J connectivity index is 0.908. The van der Waals surface area contributed by atoms with Crippen molar-refractivity contribution in [3.63, 3.8) is 0 Å². The standard InChI is InChI=1S/C29H34N8O4S/c38-23(8-4-3-7-22-24-20(14-42-22)34-29(40)36-24)41-17-11-21-28(39)35-25-26(32-15-33-27(25)37(21)13-17)30-10-9-16-12-31-19-6-2-1-5-18(16)19/h1-2,5-6,12,15,17,20-22,24,31H,3-4,7-11,13-14H2,(H,35,39)(H,30,32,33)(H2,34,36,40)/t17-,20?,21-,22?,24?/m1/s1. The molecule has 6 heterocycles. The summed E-state index contributed by atoms with van der Waals surface area (Å²) >= 11 is 1.88. The number of nitrogens with one attached hydrogen (secondary N) is 5. The van der Waals surface area contributed by atoms with Crippen LogP contribution in [0.2, 0.25) is 0 Å². The van der Waals surface area contributed by atoms with E-state index in [2.05, 4.69) is 48.4 Å². The van der Waals surface area contributed by atoms with Crippen LogP contribution in [0, 0.1) is 0 Å². The van der Waals surface area contributed by atoms with Crippen molar-refractivity contribution >= 4 is 57.9 Å². The van der Waals surface area contributed by atoms with Crippen molar-refractivity contribution in [1.82, 2.24) is 25.6 Å². The number of para-hydroxylation sites is 1. The second-order valence-corrected chi connectivity index (χ2v) is 12.6. The van der Waals surface area contributed by atoms with Crippen LogP contribution in [-0.2, 0) is 20.7 Å². The van der Waals surface area contributed by atoms with E-state index in [0.717, 1.165) is 37.0 Å². The number of aromatic amines is 1. The molecule has 4 aliphatic heterocycles. The second kappa shape index (κ2) is 11.3. The molecule has 0 saturated carbocycles. The number of unbranched alkanes of at least 4 members (excludes halogenated alkanes) is 1. The number of urea groups is 1. The number of H-pyrrole nitrogens is 1. The molecule has 2 aromatic heterocycles. The quantitative estimate of drug-likeness (QED) is 0.136. The van der Waals surface area contributed by atoms with E-state index < -0.39 is 6.04 Å². The van der Waals surface area contributed by atoms with Gasteiger partial charge in [-0.05, 0) is 30.9 Å². The van der Waals surface area contributed by atoms with E-state index in [4.69, 9.17) is 4.74 Å². The molecule has 0 bridgehead atoms. The van der Waals surface area contributed by atoms with Gasteiger partial charge in [-0.2, -0.15) is 11.8 Å². The normalized spacial score (nSPS) is 25.8. The van der Waals surface area contributed by atoms with E-state index in [1.807, 2.05) is 35.0 Å². The molecule has 4 aliphatic rings. The lowest BCUT2D eigenvalue weighted by Crippen LogP contribution is -2.44. The van der Waals surface area contributed by atoms with Gasteiger partial charge in [-0.1, -0.05) is 24.6 Å². The summed E-state index contributed by atoms with van der Waals surface area (Å²) in [6.45, 7) is 1.05. The van der Waals surface area contributed by atoms with Crippen molar-refractivity contribution in [2.45, 2.75) is 68.0 Å². The van der Waals surface area contributed by atoms with Crippen LogP contribution >= 0.6 is 11.8 Å². The lowest BCUT2D eigenvalue weighted by Gasteiger charge is -2.32. The zero-order valence-corrected chi connectivity index (χ0v) is 23.9. The fourth-order valence-electron chi connectivity index (χ4n) is 6.57. The molecule has 13 heteroatoms. The summed E-state index contributed by atoms with van der Waals surface area (Å²) in [7, 11) is 0. The number of carbonyl (C=O) groups excluding carboxylic acids is 3. The van der Waals surface area contributed by atoms with Gasteiger partial charge in [0.1, 0.15) is 24.2 Å². The van der Waals surface area contributed by atoms with Gasteiger partial charge < -0.3 is 35.9 Å². The number of benzene rings is 1. The van der Waals surface area contributed by atoms with Crippen LogP contribution in [0.4, 0.5) is 22.1 Å². The molecule has 7 rings (SSSR count). The molecule has 3 fully saturated rings. The maximum atomic E-state index is 13.1. The minimum atomic E-state index is -0.438. The van der Waals surface area contributed by atoms with E-state index in [9.17, 15) is 14.4 Å². The first kappa shape index (κ1) is 26.9. The van der Waals surface area contributed by atoms with Crippen molar-refractivity contribution in [3.8, 4) is 0 Å². The molecule has 1 aromatic carbocycles. The topological polar surface area (TPSA) is 153 Å². The van der Waals surface area contributed by atoms with Crippen LogP contribution in [0.25, 0.3) is 10.9 Å². The molecule has 5 N–H and O–H groups in total. The first-order chi connectivity index (χ1) is 20.5. The number of ether oxygens (including phenoxy) is 1. The number of amides is 3. The third-order valence-electron chi connectivity index (χ3n) is 8.63. The third-order valence-corrected chi connectivity index (χ3v) is 10.1. The number of anilines is 3. The molecule has 42 heavy (non-hydrogen) atoms. The summed E-state index contributed by atoms with van der Waals surface area (Å²) < 4.78 is 5.80. The van der Waals surface area contributed by atoms with Crippen LogP contribution in [0.1, 0.15) is 37.7 Å². The Hall–Kier alpha value is -4.00. The largest absolute Gasteiger partial charge is 0.460 e. The van der Waals surface area contributed by atoms with E-state index >= 15 is 0 Å². The van der Waals surface area contributed by atoms with Crippen LogP contribution in [0.15, 0.2) is 36.8 Å². The molecule has 3 aromatic rings. The molecule has 0 spiro atoms. The van der Waals surface area contributed by atoms with Crippen molar-refractivity contribution in [2.75, 3.05) is 34.4 Å². The highest BCUT2D eigenvalue weighted by Crippen LogP contribution is 2.39. The molecule has 5 atom stereocenters. The van der Waals surface area contributed by atoms with Gasteiger partial charge in [-0.15, -0.1) is 0 Å². The predicted octanol–water partition coefficient (Wildman–Crippen LogP) is 2.78. The van der Waals surface area contributed by atoms with Crippen molar-refractivity contribution < 1.29 is 19.1 Å². The average Bonchev–Trinajstić information content (AvgIpc) is 3.76. The number of esters is 1. The highest BCUT2D eigenvalue weighted by Gasteiger charge is 2.45. The van der Waals surface area contributed by atoms with Gasteiger partial charge in [-0.3, -0.25) is 9.59 Å². The first-order valence-electron chi connectivity index (χ1n) is 14.6. The Morgan fingerprint density at radius 1 is 1.17 bits per heavy atom. The van der Waals surface area contributed by atoms with Crippen LogP contribution in [0.5, 0.6) is 0 Å². The minimum absolute atomic E-state index is 0.0801. The van der Waals surface area contributed by atoms with Gasteiger partial charge in [0.15, 0.2) is 11.6 Å². The van der Waals surface area contributed by atoms with Crippen LogP contribution in [0.3, 0.4) is 0 Å². The van der Waals surface area contributed by atoms with Crippen LogP contribution in [-0.4, -0.2) is 81.2 Å². The number of hydrogen-bond acceptors (Lipinski definition) is 9. The van der Waals surface area contributed by atoms with Gasteiger partial charge >= 0.3 is 12.0 Å². The number of hydrogen-bond donors (Lipinski definition) is 5. The number of aromatic nitrogens is 3. The van der Waals surface area contributed by atoms with Crippen molar-refractivity contribution in [1.29, 1.82) is 0 Å². The number of nitrogens with zero attached hydrogens (tertiary/aromatic N) is 3. The van der Waals surface area contributed by atoms with Gasteiger partial charge in [-0.25, -0.2) is 14.8 Å². The molecule has 0 radical (unpaired) electrons. The second-order valence-electron chi connectivity index (χ2n) is 11.3.